The lowest BCUT2D eigenvalue weighted by atomic mass is 10.3. The number of aromatic nitrogens is 3. The molecule has 2 heterocycles. The van der Waals surface area contributed by atoms with Crippen molar-refractivity contribution >= 4 is 16.9 Å². The molecule has 0 amide bonds. The van der Waals surface area contributed by atoms with Gasteiger partial charge in [-0.3, -0.25) is 0 Å². The Kier molecular flexibility index (Phi) is 2.82. The third kappa shape index (κ3) is 1.92. The third-order valence-electron chi connectivity index (χ3n) is 2.32. The fourth-order valence-electron chi connectivity index (χ4n) is 1.50. The second kappa shape index (κ2) is 4.27. The van der Waals surface area contributed by atoms with Crippen molar-refractivity contribution in [2.45, 2.75) is 6.42 Å². The number of pyridine rings is 1. The van der Waals surface area contributed by atoms with Crippen LogP contribution in [0.2, 0.25) is 0 Å². The van der Waals surface area contributed by atoms with Crippen molar-refractivity contribution in [1.82, 2.24) is 14.5 Å². The minimum absolute atomic E-state index is 0.686. The van der Waals surface area contributed by atoms with Crippen LogP contribution in [0.15, 0.2) is 18.6 Å². The fourth-order valence-corrected chi connectivity index (χ4v) is 1.50. The van der Waals surface area contributed by atoms with Crippen LogP contribution in [-0.2, 0) is 7.05 Å². The summed E-state index contributed by atoms with van der Waals surface area (Å²) in [5, 5.41) is 3.23. The highest BCUT2D eigenvalue weighted by atomic mass is 15.1. The molecule has 0 aliphatic heterocycles. The zero-order valence-corrected chi connectivity index (χ0v) is 8.77. The first-order valence-electron chi connectivity index (χ1n) is 5.03. The standard InChI is InChI=1S/C10H15N5/c1-15-7-14-9-8(15)3-6-13-10(9)12-5-2-4-11/h3,6-7H,2,4-5,11H2,1H3,(H,12,13). The van der Waals surface area contributed by atoms with Crippen LogP contribution in [0.5, 0.6) is 0 Å². The number of fused-ring (bicyclic) bond motifs is 1. The molecule has 3 N–H and O–H groups in total. The van der Waals surface area contributed by atoms with Crippen LogP contribution in [0.1, 0.15) is 6.42 Å². The highest BCUT2D eigenvalue weighted by Gasteiger charge is 2.05. The summed E-state index contributed by atoms with van der Waals surface area (Å²) in [4.78, 5) is 8.57. The zero-order chi connectivity index (χ0) is 10.7. The van der Waals surface area contributed by atoms with Gasteiger partial charge in [-0.05, 0) is 19.0 Å². The van der Waals surface area contributed by atoms with Crippen molar-refractivity contribution < 1.29 is 0 Å². The van der Waals surface area contributed by atoms with Gasteiger partial charge in [-0.25, -0.2) is 9.97 Å². The van der Waals surface area contributed by atoms with E-state index in [0.29, 0.717) is 6.54 Å². The summed E-state index contributed by atoms with van der Waals surface area (Å²) < 4.78 is 1.98. The molecule has 0 spiro atoms. The minimum atomic E-state index is 0.686. The van der Waals surface area contributed by atoms with Gasteiger partial charge in [-0.15, -0.1) is 0 Å². The summed E-state index contributed by atoms with van der Waals surface area (Å²) in [5.41, 5.74) is 7.43. The lowest BCUT2D eigenvalue weighted by Crippen LogP contribution is -2.09. The van der Waals surface area contributed by atoms with E-state index in [1.54, 1.807) is 12.5 Å². The monoisotopic (exact) mass is 205 g/mol. The first-order valence-corrected chi connectivity index (χ1v) is 5.03. The fraction of sp³-hybridized carbons (Fsp3) is 0.400. The summed E-state index contributed by atoms with van der Waals surface area (Å²) in [7, 11) is 1.97. The molecule has 2 aromatic heterocycles. The summed E-state index contributed by atoms with van der Waals surface area (Å²) in [6.45, 7) is 1.52. The summed E-state index contributed by atoms with van der Waals surface area (Å²) in [6, 6.07) is 1.95. The molecular weight excluding hydrogens is 190 g/mol. The van der Waals surface area contributed by atoms with Gasteiger partial charge in [0.1, 0.15) is 5.52 Å². The second-order valence-corrected chi connectivity index (χ2v) is 3.45. The van der Waals surface area contributed by atoms with Crippen LogP contribution >= 0.6 is 0 Å². The van der Waals surface area contributed by atoms with Crippen molar-refractivity contribution in [1.29, 1.82) is 0 Å². The number of imidazole rings is 1. The molecule has 5 nitrogen and oxygen atoms in total. The second-order valence-electron chi connectivity index (χ2n) is 3.45. The predicted octanol–water partition coefficient (Wildman–Crippen LogP) is 0.729. The molecule has 15 heavy (non-hydrogen) atoms. The molecule has 0 aliphatic rings. The summed E-state index contributed by atoms with van der Waals surface area (Å²) in [6.07, 6.45) is 4.51. The van der Waals surface area contributed by atoms with E-state index in [-0.39, 0.29) is 0 Å². The Morgan fingerprint density at radius 1 is 1.47 bits per heavy atom. The van der Waals surface area contributed by atoms with Crippen LogP contribution in [-0.4, -0.2) is 27.6 Å². The minimum Gasteiger partial charge on any atom is -0.368 e. The lowest BCUT2D eigenvalue weighted by molar-refractivity contribution is 0.871. The van der Waals surface area contributed by atoms with Crippen LogP contribution in [0.25, 0.3) is 11.0 Å². The zero-order valence-electron chi connectivity index (χ0n) is 8.77. The van der Waals surface area contributed by atoms with Crippen LogP contribution in [0.4, 0.5) is 5.82 Å². The van der Waals surface area contributed by atoms with Gasteiger partial charge in [0.15, 0.2) is 5.82 Å². The van der Waals surface area contributed by atoms with Gasteiger partial charge < -0.3 is 15.6 Å². The molecule has 0 atom stereocenters. The molecule has 0 saturated heterocycles. The number of hydrogen-bond donors (Lipinski definition) is 2. The third-order valence-corrected chi connectivity index (χ3v) is 2.32. The molecule has 0 bridgehead atoms. The van der Waals surface area contributed by atoms with E-state index in [4.69, 9.17) is 5.73 Å². The summed E-state index contributed by atoms with van der Waals surface area (Å²) >= 11 is 0. The molecule has 2 aromatic rings. The molecular formula is C10H15N5. The first kappa shape index (κ1) is 9.92. The normalized spacial score (nSPS) is 10.8. The van der Waals surface area contributed by atoms with Crippen LogP contribution < -0.4 is 11.1 Å². The maximum absolute atomic E-state index is 5.43. The van der Waals surface area contributed by atoms with Crippen molar-refractivity contribution in [2.75, 3.05) is 18.4 Å². The highest BCUT2D eigenvalue weighted by molar-refractivity contribution is 5.85. The molecule has 0 radical (unpaired) electrons. The van der Waals surface area contributed by atoms with E-state index in [9.17, 15) is 0 Å². The maximum atomic E-state index is 5.43. The molecule has 5 heteroatoms. The summed E-state index contributed by atoms with van der Waals surface area (Å²) in [5.74, 6) is 0.835. The SMILES string of the molecule is Cn1cnc2c(NCCCN)nccc21. The molecule has 0 aromatic carbocycles. The largest absolute Gasteiger partial charge is 0.368 e. The number of nitrogens with two attached hydrogens (primary N) is 1. The van der Waals surface area contributed by atoms with Gasteiger partial charge in [0, 0.05) is 19.8 Å². The average Bonchev–Trinajstić information content (AvgIpc) is 2.62. The van der Waals surface area contributed by atoms with Gasteiger partial charge in [-0.1, -0.05) is 0 Å². The van der Waals surface area contributed by atoms with Crippen LogP contribution in [0, 0.1) is 0 Å². The number of nitrogens with one attached hydrogen (secondary N) is 1. The Hall–Kier alpha value is -1.62. The molecule has 0 aliphatic carbocycles. The molecule has 0 unspecified atom stereocenters. The highest BCUT2D eigenvalue weighted by Crippen LogP contribution is 2.17. The smallest absolute Gasteiger partial charge is 0.154 e. The van der Waals surface area contributed by atoms with Gasteiger partial charge in [0.05, 0.1) is 11.8 Å². The van der Waals surface area contributed by atoms with Gasteiger partial charge in [0.25, 0.3) is 0 Å². The number of rotatable bonds is 4. The van der Waals surface area contributed by atoms with E-state index in [1.807, 2.05) is 17.7 Å². The van der Waals surface area contributed by atoms with E-state index >= 15 is 0 Å². The quantitative estimate of drug-likeness (QED) is 0.722. The maximum Gasteiger partial charge on any atom is 0.154 e. The Morgan fingerprint density at radius 3 is 3.13 bits per heavy atom. The van der Waals surface area contributed by atoms with Crippen LogP contribution in [0.3, 0.4) is 0 Å². The molecule has 80 valence electrons. The number of anilines is 1. The average molecular weight is 205 g/mol. The topological polar surface area (TPSA) is 68.8 Å². The van der Waals surface area contributed by atoms with Gasteiger partial charge >= 0.3 is 0 Å². The van der Waals surface area contributed by atoms with Crippen molar-refractivity contribution in [2.24, 2.45) is 12.8 Å². The number of aryl methyl sites for hydroxylation is 1. The lowest BCUT2D eigenvalue weighted by Gasteiger charge is -2.04. The van der Waals surface area contributed by atoms with E-state index in [1.165, 1.54) is 0 Å². The van der Waals surface area contributed by atoms with Crippen molar-refractivity contribution in [3.05, 3.63) is 18.6 Å². The van der Waals surface area contributed by atoms with Crippen molar-refractivity contribution in [3.63, 3.8) is 0 Å². The predicted molar refractivity (Wildman–Crippen MR) is 60.7 cm³/mol. The Balaban J connectivity index is 2.26. The molecule has 0 saturated carbocycles. The molecule has 0 fully saturated rings. The van der Waals surface area contributed by atoms with Crippen molar-refractivity contribution in [3.8, 4) is 0 Å². The number of nitrogens with zero attached hydrogens (tertiary/aromatic N) is 3. The Bertz CT molecular complexity index is 448. The van der Waals surface area contributed by atoms with E-state index < -0.39 is 0 Å². The van der Waals surface area contributed by atoms with Gasteiger partial charge in [-0.2, -0.15) is 0 Å². The molecule has 2 rings (SSSR count). The first-order chi connectivity index (χ1) is 7.33. The Labute approximate surface area is 88.3 Å². The van der Waals surface area contributed by atoms with E-state index in [0.717, 1.165) is 29.8 Å². The van der Waals surface area contributed by atoms with E-state index in [2.05, 4.69) is 15.3 Å². The van der Waals surface area contributed by atoms with Gasteiger partial charge in [0.2, 0.25) is 0 Å². The number of hydrogen-bond acceptors (Lipinski definition) is 4. The Morgan fingerprint density at radius 2 is 2.33 bits per heavy atom.